The average Bonchev–Trinajstić information content (AvgIpc) is 2.61. The lowest BCUT2D eigenvalue weighted by Crippen LogP contribution is -1.98. The molecule has 0 saturated heterocycles. The van der Waals surface area contributed by atoms with Crippen LogP contribution in [0.15, 0.2) is 22.7 Å². The first-order chi connectivity index (χ1) is 8.08. The van der Waals surface area contributed by atoms with Crippen molar-refractivity contribution in [3.05, 3.63) is 45.3 Å². The molecule has 0 amide bonds. The zero-order chi connectivity index (χ0) is 12.4. The zero-order valence-corrected chi connectivity index (χ0v) is 11.0. The molecule has 2 aromatic rings. The van der Waals surface area contributed by atoms with Gasteiger partial charge in [-0.3, -0.25) is 0 Å². The zero-order valence-electron chi connectivity index (χ0n) is 9.46. The molecule has 0 radical (unpaired) electrons. The van der Waals surface area contributed by atoms with Gasteiger partial charge in [-0.05, 0) is 26.0 Å². The Hall–Kier alpha value is -1.19. The van der Waals surface area contributed by atoms with Gasteiger partial charge in [-0.15, -0.1) is 0 Å². The van der Waals surface area contributed by atoms with Gasteiger partial charge in [0.05, 0.1) is 16.3 Å². The molecule has 0 aliphatic heterocycles. The first kappa shape index (κ1) is 12.3. The van der Waals surface area contributed by atoms with Gasteiger partial charge in [0.25, 0.3) is 0 Å². The van der Waals surface area contributed by atoms with Crippen molar-refractivity contribution in [3.63, 3.8) is 0 Å². The number of ether oxygens (including phenoxy) is 1. The summed E-state index contributed by atoms with van der Waals surface area (Å²) in [4.78, 5) is 0. The smallest absolute Gasteiger partial charge is 0.140 e. The van der Waals surface area contributed by atoms with Gasteiger partial charge in [-0.25, -0.2) is 0 Å². The predicted octanol–water partition coefficient (Wildman–Crippen LogP) is 4.18. The molecular weight excluding hydrogens is 261 g/mol. The Morgan fingerprint density at radius 2 is 2.06 bits per heavy atom. The molecule has 0 bridgehead atoms. The summed E-state index contributed by atoms with van der Waals surface area (Å²) in [7, 11) is 0. The Labute approximate surface area is 109 Å². The van der Waals surface area contributed by atoms with Crippen LogP contribution in [0.2, 0.25) is 10.0 Å². The minimum absolute atomic E-state index is 0.362. The first-order valence-corrected chi connectivity index (χ1v) is 5.83. The molecule has 2 rings (SSSR count). The third kappa shape index (κ3) is 2.73. The molecule has 1 heterocycles. The van der Waals surface area contributed by atoms with Gasteiger partial charge in [0.2, 0.25) is 0 Å². The van der Waals surface area contributed by atoms with Crippen molar-refractivity contribution in [1.29, 1.82) is 0 Å². The maximum absolute atomic E-state index is 5.99. The summed E-state index contributed by atoms with van der Waals surface area (Å²) in [5.41, 5.74) is 1.75. The third-order valence-electron chi connectivity index (χ3n) is 2.45. The quantitative estimate of drug-likeness (QED) is 0.840. The van der Waals surface area contributed by atoms with E-state index in [9.17, 15) is 0 Å². The molecule has 5 heteroatoms. The fourth-order valence-corrected chi connectivity index (χ4v) is 1.78. The van der Waals surface area contributed by atoms with Gasteiger partial charge in [-0.1, -0.05) is 28.4 Å². The van der Waals surface area contributed by atoms with Crippen LogP contribution in [0.25, 0.3) is 0 Å². The minimum Gasteiger partial charge on any atom is -0.487 e. The van der Waals surface area contributed by atoms with Crippen LogP contribution in [0.5, 0.6) is 5.75 Å². The highest BCUT2D eigenvalue weighted by molar-refractivity contribution is 6.34. The second-order valence-electron chi connectivity index (χ2n) is 3.67. The second kappa shape index (κ2) is 4.98. The van der Waals surface area contributed by atoms with E-state index in [2.05, 4.69) is 5.16 Å². The highest BCUT2D eigenvalue weighted by Crippen LogP contribution is 2.28. The summed E-state index contributed by atoms with van der Waals surface area (Å²) in [5, 5.41) is 4.97. The molecule has 1 aromatic heterocycles. The van der Waals surface area contributed by atoms with Crippen LogP contribution in [0.3, 0.4) is 0 Å². The number of aromatic nitrogens is 1. The van der Waals surface area contributed by atoms with Crippen molar-refractivity contribution >= 4 is 23.2 Å². The summed E-state index contributed by atoms with van der Waals surface area (Å²) in [6.07, 6.45) is 0. The second-order valence-corrected chi connectivity index (χ2v) is 4.51. The van der Waals surface area contributed by atoms with E-state index in [0.717, 1.165) is 17.0 Å². The van der Waals surface area contributed by atoms with Crippen molar-refractivity contribution in [2.45, 2.75) is 20.5 Å². The Balaban J connectivity index is 2.15. The van der Waals surface area contributed by atoms with E-state index in [1.165, 1.54) is 0 Å². The van der Waals surface area contributed by atoms with Gasteiger partial charge in [0.1, 0.15) is 18.1 Å². The normalized spacial score (nSPS) is 10.6. The molecule has 0 fully saturated rings. The molecule has 0 spiro atoms. The topological polar surface area (TPSA) is 35.3 Å². The molecule has 0 unspecified atom stereocenters. The maximum Gasteiger partial charge on any atom is 0.140 e. The average molecular weight is 272 g/mol. The van der Waals surface area contributed by atoms with Gasteiger partial charge in [0.15, 0.2) is 0 Å². The highest BCUT2D eigenvalue weighted by atomic mass is 35.5. The van der Waals surface area contributed by atoms with Crippen LogP contribution in [0, 0.1) is 13.8 Å². The third-order valence-corrected chi connectivity index (χ3v) is 2.99. The monoisotopic (exact) mass is 271 g/mol. The lowest BCUT2D eigenvalue weighted by molar-refractivity contribution is 0.302. The van der Waals surface area contributed by atoms with Crippen molar-refractivity contribution in [1.82, 2.24) is 5.16 Å². The van der Waals surface area contributed by atoms with E-state index in [1.807, 2.05) is 13.8 Å². The van der Waals surface area contributed by atoms with E-state index < -0.39 is 0 Å². The van der Waals surface area contributed by atoms with Crippen LogP contribution >= 0.6 is 23.2 Å². The minimum atomic E-state index is 0.362. The summed E-state index contributed by atoms with van der Waals surface area (Å²) < 4.78 is 10.7. The lowest BCUT2D eigenvalue weighted by atomic mass is 10.2. The van der Waals surface area contributed by atoms with Crippen LogP contribution < -0.4 is 4.74 Å². The molecule has 0 saturated carbocycles. The predicted molar refractivity (Wildman–Crippen MR) is 66.8 cm³/mol. The molecule has 0 atom stereocenters. The number of rotatable bonds is 3. The molecule has 1 aromatic carbocycles. The molecule has 17 heavy (non-hydrogen) atoms. The van der Waals surface area contributed by atoms with Crippen molar-refractivity contribution in [2.75, 3.05) is 0 Å². The summed E-state index contributed by atoms with van der Waals surface area (Å²) >= 11 is 11.9. The van der Waals surface area contributed by atoms with E-state index in [1.54, 1.807) is 18.2 Å². The Morgan fingerprint density at radius 3 is 2.71 bits per heavy atom. The van der Waals surface area contributed by atoms with Gasteiger partial charge < -0.3 is 9.26 Å². The largest absolute Gasteiger partial charge is 0.487 e. The van der Waals surface area contributed by atoms with Gasteiger partial charge in [-0.2, -0.15) is 0 Å². The molecule has 3 nitrogen and oxygen atoms in total. The number of aryl methyl sites for hydroxylation is 2. The Morgan fingerprint density at radius 1 is 1.29 bits per heavy atom. The van der Waals surface area contributed by atoms with Crippen LogP contribution in [-0.2, 0) is 6.61 Å². The first-order valence-electron chi connectivity index (χ1n) is 5.07. The highest BCUT2D eigenvalue weighted by Gasteiger charge is 2.10. The fourth-order valence-electron chi connectivity index (χ4n) is 1.45. The molecule has 0 N–H and O–H groups in total. The molecule has 0 aliphatic rings. The maximum atomic E-state index is 5.99. The van der Waals surface area contributed by atoms with Crippen molar-refractivity contribution < 1.29 is 9.26 Å². The van der Waals surface area contributed by atoms with Gasteiger partial charge >= 0.3 is 0 Å². The van der Waals surface area contributed by atoms with E-state index in [4.69, 9.17) is 32.5 Å². The summed E-state index contributed by atoms with van der Waals surface area (Å²) in [5.74, 6) is 1.31. The lowest BCUT2D eigenvalue weighted by Gasteiger charge is -2.07. The molecular formula is C12H11Cl2NO2. The Bertz CT molecular complexity index is 518. The molecule has 90 valence electrons. The number of halogens is 2. The van der Waals surface area contributed by atoms with Crippen molar-refractivity contribution in [3.8, 4) is 5.75 Å². The fraction of sp³-hybridized carbons (Fsp3) is 0.250. The SMILES string of the molecule is Cc1noc(C)c1COc1cc(Cl)ccc1Cl. The standard InChI is InChI=1S/C12H11Cl2NO2/c1-7-10(8(2)17-15-7)6-16-12-5-9(13)3-4-11(12)14/h3-5H,6H2,1-2H3. The number of hydrogen-bond acceptors (Lipinski definition) is 3. The van der Waals surface area contributed by atoms with E-state index >= 15 is 0 Å². The van der Waals surface area contributed by atoms with E-state index in [0.29, 0.717) is 22.4 Å². The molecule has 0 aliphatic carbocycles. The summed E-state index contributed by atoms with van der Waals surface area (Å²) in [6, 6.07) is 5.10. The summed E-state index contributed by atoms with van der Waals surface area (Å²) in [6.45, 7) is 4.08. The number of hydrogen-bond donors (Lipinski definition) is 0. The number of benzene rings is 1. The van der Waals surface area contributed by atoms with Crippen LogP contribution in [0.1, 0.15) is 17.0 Å². The Kier molecular flexibility index (Phi) is 3.60. The van der Waals surface area contributed by atoms with Crippen LogP contribution in [0.4, 0.5) is 0 Å². The number of nitrogens with zero attached hydrogens (tertiary/aromatic N) is 1. The van der Waals surface area contributed by atoms with Crippen molar-refractivity contribution in [2.24, 2.45) is 0 Å². The van der Waals surface area contributed by atoms with Gasteiger partial charge in [0, 0.05) is 11.1 Å². The van der Waals surface area contributed by atoms with Crippen LogP contribution in [-0.4, -0.2) is 5.16 Å². The van der Waals surface area contributed by atoms with E-state index in [-0.39, 0.29) is 0 Å².